The van der Waals surface area contributed by atoms with Gasteiger partial charge in [0.1, 0.15) is 0 Å². The lowest BCUT2D eigenvalue weighted by Crippen LogP contribution is -2.49. The molecule has 2 fully saturated rings. The molecule has 2 aromatic carbocycles. The molecule has 0 aliphatic carbocycles. The molecule has 3 aliphatic heterocycles. The van der Waals surface area contributed by atoms with Gasteiger partial charge in [0.05, 0.1) is 0 Å². The normalized spacial score (nSPS) is 20.6. The quantitative estimate of drug-likeness (QED) is 0.643. The Balaban J connectivity index is 1.06. The summed E-state index contributed by atoms with van der Waals surface area (Å²) in [4.78, 5) is 19.1. The second-order valence-electron chi connectivity index (χ2n) is 9.42. The van der Waals surface area contributed by atoms with Gasteiger partial charge in [-0.15, -0.1) is 0 Å². The summed E-state index contributed by atoms with van der Waals surface area (Å²) in [5, 5.41) is 0. The highest BCUT2D eigenvalue weighted by atomic mass is 19.2. The fourth-order valence-electron chi connectivity index (χ4n) is 5.23. The number of carbonyl (C=O) groups is 1. The van der Waals surface area contributed by atoms with Gasteiger partial charge < -0.3 is 24.2 Å². The van der Waals surface area contributed by atoms with E-state index in [1.54, 1.807) is 6.07 Å². The summed E-state index contributed by atoms with van der Waals surface area (Å²) < 4.78 is 37.6. The monoisotopic (exact) mass is 471 g/mol. The smallest absolute Gasteiger partial charge is 0.231 e. The fourth-order valence-corrected chi connectivity index (χ4v) is 5.23. The zero-order valence-corrected chi connectivity index (χ0v) is 19.3. The Hall–Kier alpha value is -2.87. The van der Waals surface area contributed by atoms with Crippen molar-refractivity contribution in [3.05, 3.63) is 53.6 Å². The Morgan fingerprint density at radius 2 is 1.76 bits per heavy atom. The number of nitrogens with zero attached hydrogens (tertiary/aromatic N) is 3. The molecule has 0 saturated carbocycles. The summed E-state index contributed by atoms with van der Waals surface area (Å²) in [6.07, 6.45) is 3.87. The van der Waals surface area contributed by atoms with Crippen molar-refractivity contribution in [2.45, 2.75) is 25.7 Å². The summed E-state index contributed by atoms with van der Waals surface area (Å²) in [6.45, 7) is 5.57. The van der Waals surface area contributed by atoms with E-state index in [0.29, 0.717) is 51.0 Å². The standard InChI is InChI=1S/C26H31F2N3O3/c27-22-5-4-21(16-23(22)28)30-10-12-31(13-11-30)26(32)7-9-29-8-1-2-20(17-29)14-19-3-6-24-25(15-19)34-18-33-24/h3-6,15-16,20H,1-2,7-14,17-18H2. The van der Waals surface area contributed by atoms with Crippen LogP contribution in [0.5, 0.6) is 11.5 Å². The Morgan fingerprint density at radius 3 is 2.59 bits per heavy atom. The van der Waals surface area contributed by atoms with E-state index in [1.165, 1.54) is 18.1 Å². The van der Waals surface area contributed by atoms with Gasteiger partial charge in [0, 0.05) is 57.4 Å². The van der Waals surface area contributed by atoms with Gasteiger partial charge in [0.15, 0.2) is 23.1 Å². The number of amides is 1. The Morgan fingerprint density at radius 1 is 0.941 bits per heavy atom. The van der Waals surface area contributed by atoms with Gasteiger partial charge in [0.25, 0.3) is 0 Å². The van der Waals surface area contributed by atoms with Gasteiger partial charge in [0.2, 0.25) is 12.7 Å². The Kier molecular flexibility index (Phi) is 6.85. The third-order valence-electron chi connectivity index (χ3n) is 7.11. The molecule has 0 aromatic heterocycles. The molecule has 2 aromatic rings. The van der Waals surface area contributed by atoms with Crippen LogP contribution >= 0.6 is 0 Å². The second-order valence-corrected chi connectivity index (χ2v) is 9.42. The number of rotatable bonds is 6. The fraction of sp³-hybridized carbons (Fsp3) is 0.500. The number of fused-ring (bicyclic) bond motifs is 1. The summed E-state index contributed by atoms with van der Waals surface area (Å²) in [5.41, 5.74) is 1.93. The molecule has 0 radical (unpaired) electrons. The van der Waals surface area contributed by atoms with Crippen LogP contribution < -0.4 is 14.4 Å². The molecule has 3 heterocycles. The van der Waals surface area contributed by atoms with Gasteiger partial charge in [-0.1, -0.05) is 6.07 Å². The first-order valence-corrected chi connectivity index (χ1v) is 12.1. The van der Waals surface area contributed by atoms with Crippen molar-refractivity contribution in [2.75, 3.05) is 57.5 Å². The second kappa shape index (κ2) is 10.2. The first-order valence-electron chi connectivity index (χ1n) is 12.1. The number of anilines is 1. The maximum atomic E-state index is 13.5. The third-order valence-corrected chi connectivity index (χ3v) is 7.11. The number of piperidine rings is 1. The maximum absolute atomic E-state index is 13.5. The predicted molar refractivity (Wildman–Crippen MR) is 125 cm³/mol. The van der Waals surface area contributed by atoms with Crippen LogP contribution in [0.25, 0.3) is 0 Å². The molecular formula is C26H31F2N3O3. The van der Waals surface area contributed by atoms with E-state index in [1.807, 2.05) is 15.9 Å². The lowest BCUT2D eigenvalue weighted by atomic mass is 9.91. The van der Waals surface area contributed by atoms with Crippen molar-refractivity contribution in [1.29, 1.82) is 0 Å². The van der Waals surface area contributed by atoms with Crippen LogP contribution in [0.1, 0.15) is 24.8 Å². The molecule has 0 N–H and O–H groups in total. The molecule has 3 aliphatic rings. The van der Waals surface area contributed by atoms with Crippen molar-refractivity contribution in [3.63, 3.8) is 0 Å². The lowest BCUT2D eigenvalue weighted by Gasteiger charge is -2.37. The topological polar surface area (TPSA) is 45.3 Å². The van der Waals surface area contributed by atoms with Gasteiger partial charge >= 0.3 is 0 Å². The van der Waals surface area contributed by atoms with Crippen molar-refractivity contribution < 1.29 is 23.0 Å². The molecule has 2 saturated heterocycles. The molecule has 8 heteroatoms. The SMILES string of the molecule is O=C(CCN1CCCC(Cc2ccc3c(c2)OCO3)C1)N1CCN(c2ccc(F)c(F)c2)CC1. The molecule has 1 unspecified atom stereocenters. The molecule has 6 nitrogen and oxygen atoms in total. The number of halogens is 2. The molecule has 34 heavy (non-hydrogen) atoms. The van der Waals surface area contributed by atoms with E-state index in [9.17, 15) is 13.6 Å². The van der Waals surface area contributed by atoms with Crippen LogP contribution in [0, 0.1) is 17.6 Å². The highest BCUT2D eigenvalue weighted by molar-refractivity contribution is 5.76. The van der Waals surface area contributed by atoms with E-state index < -0.39 is 11.6 Å². The van der Waals surface area contributed by atoms with Crippen LogP contribution in [-0.2, 0) is 11.2 Å². The number of hydrogen-bond acceptors (Lipinski definition) is 5. The Bertz CT molecular complexity index is 1030. The van der Waals surface area contributed by atoms with E-state index in [4.69, 9.17) is 9.47 Å². The first-order chi connectivity index (χ1) is 16.5. The van der Waals surface area contributed by atoms with Crippen LogP contribution in [-0.4, -0.2) is 68.3 Å². The number of ether oxygens (including phenoxy) is 2. The molecule has 0 spiro atoms. The number of carbonyl (C=O) groups excluding carboxylic acids is 1. The lowest BCUT2D eigenvalue weighted by molar-refractivity contribution is -0.131. The van der Waals surface area contributed by atoms with Gasteiger partial charge in [-0.05, 0) is 61.6 Å². The van der Waals surface area contributed by atoms with E-state index in [2.05, 4.69) is 17.0 Å². The molecular weight excluding hydrogens is 440 g/mol. The van der Waals surface area contributed by atoms with E-state index in [0.717, 1.165) is 50.0 Å². The minimum atomic E-state index is -0.839. The largest absolute Gasteiger partial charge is 0.454 e. The van der Waals surface area contributed by atoms with Gasteiger partial charge in [-0.3, -0.25) is 4.79 Å². The van der Waals surface area contributed by atoms with E-state index in [-0.39, 0.29) is 5.91 Å². The maximum Gasteiger partial charge on any atom is 0.231 e. The highest BCUT2D eigenvalue weighted by Crippen LogP contribution is 2.34. The van der Waals surface area contributed by atoms with Crippen LogP contribution in [0.3, 0.4) is 0 Å². The molecule has 1 atom stereocenters. The molecule has 0 bridgehead atoms. The van der Waals surface area contributed by atoms with Gasteiger partial charge in [-0.25, -0.2) is 8.78 Å². The minimum absolute atomic E-state index is 0.169. The minimum Gasteiger partial charge on any atom is -0.454 e. The van der Waals surface area contributed by atoms with Crippen molar-refractivity contribution in [2.24, 2.45) is 5.92 Å². The van der Waals surface area contributed by atoms with Crippen LogP contribution in [0.4, 0.5) is 14.5 Å². The van der Waals surface area contributed by atoms with Crippen LogP contribution in [0.15, 0.2) is 36.4 Å². The van der Waals surface area contributed by atoms with Crippen LogP contribution in [0.2, 0.25) is 0 Å². The highest BCUT2D eigenvalue weighted by Gasteiger charge is 2.25. The summed E-state index contributed by atoms with van der Waals surface area (Å²) in [6, 6.07) is 10.2. The van der Waals surface area contributed by atoms with E-state index >= 15 is 0 Å². The number of benzene rings is 2. The van der Waals surface area contributed by atoms with Gasteiger partial charge in [-0.2, -0.15) is 0 Å². The van der Waals surface area contributed by atoms with Crippen molar-refractivity contribution in [3.8, 4) is 11.5 Å². The summed E-state index contributed by atoms with van der Waals surface area (Å²) in [7, 11) is 0. The van der Waals surface area contributed by atoms with Crippen molar-refractivity contribution in [1.82, 2.24) is 9.80 Å². The first kappa shape index (κ1) is 22.9. The van der Waals surface area contributed by atoms with Crippen molar-refractivity contribution >= 4 is 11.6 Å². The predicted octanol–water partition coefficient (Wildman–Crippen LogP) is 3.69. The molecule has 5 rings (SSSR count). The number of hydrogen-bond donors (Lipinski definition) is 0. The third kappa shape index (κ3) is 5.27. The molecule has 182 valence electrons. The zero-order chi connectivity index (χ0) is 23.5. The summed E-state index contributed by atoms with van der Waals surface area (Å²) in [5.74, 6) is 0.716. The summed E-state index contributed by atoms with van der Waals surface area (Å²) >= 11 is 0. The number of likely N-dealkylation sites (tertiary alicyclic amines) is 1. The zero-order valence-electron chi connectivity index (χ0n) is 19.3. The molecule has 1 amide bonds. The average molecular weight is 472 g/mol. The number of piperazine rings is 1. The average Bonchev–Trinajstić information content (AvgIpc) is 3.33. The Labute approximate surface area is 199 Å².